The van der Waals surface area contributed by atoms with Gasteiger partial charge in [0, 0.05) is 12.6 Å². The number of hydrogen-bond donors (Lipinski definition) is 2. The van der Waals surface area contributed by atoms with Crippen molar-refractivity contribution in [3.8, 4) is 0 Å². The molecule has 1 aliphatic rings. The van der Waals surface area contributed by atoms with Crippen molar-refractivity contribution in [3.05, 3.63) is 35.4 Å². The molecule has 1 fully saturated rings. The Labute approximate surface area is 121 Å². The smallest absolute Gasteiger partial charge is 0.307 e. The molecule has 2 unspecified atom stereocenters. The molecule has 0 aromatic heterocycles. The van der Waals surface area contributed by atoms with E-state index in [2.05, 4.69) is 12.2 Å². The number of hydrogen-bond acceptors (Lipinski definition) is 2. The Morgan fingerprint density at radius 2 is 1.85 bits per heavy atom. The van der Waals surface area contributed by atoms with Gasteiger partial charge in [0.2, 0.25) is 0 Å². The van der Waals surface area contributed by atoms with Gasteiger partial charge in [-0.2, -0.15) is 0 Å². The van der Waals surface area contributed by atoms with Gasteiger partial charge in [-0.1, -0.05) is 44.0 Å². The van der Waals surface area contributed by atoms with E-state index in [0.717, 1.165) is 18.0 Å². The summed E-state index contributed by atoms with van der Waals surface area (Å²) in [6.07, 6.45) is 6.68. The Morgan fingerprint density at radius 1 is 1.15 bits per heavy atom. The Hall–Kier alpha value is -1.35. The van der Waals surface area contributed by atoms with Crippen LogP contribution in [0.4, 0.5) is 0 Å². The predicted molar refractivity (Wildman–Crippen MR) is 80.7 cm³/mol. The molecule has 1 aromatic rings. The van der Waals surface area contributed by atoms with Crippen molar-refractivity contribution in [2.45, 2.75) is 58.0 Å². The maximum Gasteiger partial charge on any atom is 0.307 e. The summed E-state index contributed by atoms with van der Waals surface area (Å²) in [6, 6.07) is 8.54. The number of aliphatic carboxylic acids is 1. The fourth-order valence-electron chi connectivity index (χ4n) is 2.90. The van der Waals surface area contributed by atoms with E-state index >= 15 is 0 Å². The first kappa shape index (κ1) is 15.0. The number of carbonyl (C=O) groups is 1. The molecular formula is C17H25NO2. The SMILES string of the molecule is CC1CCCC(NCc2ccc(CC(=O)O)cc2)CC1. The molecule has 2 N–H and O–H groups in total. The van der Waals surface area contributed by atoms with E-state index in [1.54, 1.807) is 0 Å². The van der Waals surface area contributed by atoms with E-state index in [4.69, 9.17) is 5.11 Å². The van der Waals surface area contributed by atoms with E-state index in [-0.39, 0.29) is 6.42 Å². The molecular weight excluding hydrogens is 250 g/mol. The number of carboxylic acids is 1. The van der Waals surface area contributed by atoms with Crippen LogP contribution in [-0.2, 0) is 17.8 Å². The first-order chi connectivity index (χ1) is 9.63. The van der Waals surface area contributed by atoms with Crippen molar-refractivity contribution in [2.75, 3.05) is 0 Å². The van der Waals surface area contributed by atoms with Gasteiger partial charge in [0.15, 0.2) is 0 Å². The maximum atomic E-state index is 10.6. The molecule has 3 nitrogen and oxygen atoms in total. The molecule has 1 aromatic carbocycles. The van der Waals surface area contributed by atoms with Gasteiger partial charge >= 0.3 is 5.97 Å². The van der Waals surface area contributed by atoms with Crippen molar-refractivity contribution in [2.24, 2.45) is 5.92 Å². The lowest BCUT2D eigenvalue weighted by Crippen LogP contribution is -2.27. The second-order valence-corrected chi connectivity index (χ2v) is 6.08. The van der Waals surface area contributed by atoms with E-state index in [1.807, 2.05) is 24.3 Å². The first-order valence-electron chi connectivity index (χ1n) is 7.66. The topological polar surface area (TPSA) is 49.3 Å². The molecule has 0 heterocycles. The fraction of sp³-hybridized carbons (Fsp3) is 0.588. The summed E-state index contributed by atoms with van der Waals surface area (Å²) in [5.41, 5.74) is 2.10. The lowest BCUT2D eigenvalue weighted by molar-refractivity contribution is -0.136. The summed E-state index contributed by atoms with van der Waals surface area (Å²) in [7, 11) is 0. The normalized spacial score (nSPS) is 23.2. The van der Waals surface area contributed by atoms with Crippen molar-refractivity contribution in [1.82, 2.24) is 5.32 Å². The van der Waals surface area contributed by atoms with Gasteiger partial charge in [-0.3, -0.25) is 4.79 Å². The maximum absolute atomic E-state index is 10.6. The molecule has 0 amide bonds. The highest BCUT2D eigenvalue weighted by molar-refractivity contribution is 5.70. The summed E-state index contributed by atoms with van der Waals surface area (Å²) in [5.74, 6) is 0.0977. The molecule has 0 aliphatic heterocycles. The van der Waals surface area contributed by atoms with Gasteiger partial charge < -0.3 is 10.4 Å². The molecule has 110 valence electrons. The first-order valence-corrected chi connectivity index (χ1v) is 7.66. The summed E-state index contributed by atoms with van der Waals surface area (Å²) in [5, 5.41) is 12.4. The Morgan fingerprint density at radius 3 is 2.55 bits per heavy atom. The minimum absolute atomic E-state index is 0.105. The minimum atomic E-state index is -0.775. The van der Waals surface area contributed by atoms with Crippen LogP contribution >= 0.6 is 0 Å². The van der Waals surface area contributed by atoms with Gasteiger partial charge in [0.1, 0.15) is 0 Å². The monoisotopic (exact) mass is 275 g/mol. The van der Waals surface area contributed by atoms with Gasteiger partial charge in [-0.15, -0.1) is 0 Å². The van der Waals surface area contributed by atoms with E-state index in [1.165, 1.54) is 37.7 Å². The van der Waals surface area contributed by atoms with Crippen molar-refractivity contribution in [1.29, 1.82) is 0 Å². The van der Waals surface area contributed by atoms with Crippen molar-refractivity contribution in [3.63, 3.8) is 0 Å². The lowest BCUT2D eigenvalue weighted by Gasteiger charge is -2.16. The highest BCUT2D eigenvalue weighted by Gasteiger charge is 2.15. The third-order valence-electron chi connectivity index (χ3n) is 4.23. The van der Waals surface area contributed by atoms with Gasteiger partial charge in [0.05, 0.1) is 6.42 Å². The average Bonchev–Trinajstić information content (AvgIpc) is 2.62. The van der Waals surface area contributed by atoms with Crippen molar-refractivity contribution < 1.29 is 9.90 Å². The number of benzene rings is 1. The highest BCUT2D eigenvalue weighted by Crippen LogP contribution is 2.22. The molecule has 0 bridgehead atoms. The van der Waals surface area contributed by atoms with Crippen LogP contribution in [0.5, 0.6) is 0 Å². The Balaban J connectivity index is 1.80. The second kappa shape index (κ2) is 7.44. The quantitative estimate of drug-likeness (QED) is 0.810. The van der Waals surface area contributed by atoms with Crippen LogP contribution in [0.3, 0.4) is 0 Å². The minimum Gasteiger partial charge on any atom is -0.481 e. The highest BCUT2D eigenvalue weighted by atomic mass is 16.4. The predicted octanol–water partition coefficient (Wildman–Crippen LogP) is 3.37. The van der Waals surface area contributed by atoms with Crippen molar-refractivity contribution >= 4 is 5.97 Å². The zero-order chi connectivity index (χ0) is 14.4. The van der Waals surface area contributed by atoms with Gasteiger partial charge in [-0.05, 0) is 36.3 Å². The van der Waals surface area contributed by atoms with Crippen LogP contribution < -0.4 is 5.32 Å². The molecule has 3 heteroatoms. The van der Waals surface area contributed by atoms with Crippen LogP contribution in [0.15, 0.2) is 24.3 Å². The number of carboxylic acid groups (broad SMARTS) is 1. The zero-order valence-corrected chi connectivity index (χ0v) is 12.3. The number of rotatable bonds is 5. The van der Waals surface area contributed by atoms with E-state index in [9.17, 15) is 4.79 Å². The zero-order valence-electron chi connectivity index (χ0n) is 12.3. The molecule has 2 atom stereocenters. The average molecular weight is 275 g/mol. The second-order valence-electron chi connectivity index (χ2n) is 6.08. The molecule has 1 saturated carbocycles. The molecule has 0 saturated heterocycles. The van der Waals surface area contributed by atoms with Crippen LogP contribution in [0.25, 0.3) is 0 Å². The Bertz CT molecular complexity index is 427. The van der Waals surface area contributed by atoms with E-state index < -0.39 is 5.97 Å². The largest absolute Gasteiger partial charge is 0.481 e. The van der Waals surface area contributed by atoms with Crippen LogP contribution in [0.2, 0.25) is 0 Å². The third-order valence-corrected chi connectivity index (χ3v) is 4.23. The third kappa shape index (κ3) is 4.97. The van der Waals surface area contributed by atoms with Crippen LogP contribution in [0, 0.1) is 5.92 Å². The van der Waals surface area contributed by atoms with Crippen LogP contribution in [-0.4, -0.2) is 17.1 Å². The summed E-state index contributed by atoms with van der Waals surface area (Å²) in [4.78, 5) is 10.6. The number of nitrogens with one attached hydrogen (secondary N) is 1. The summed E-state index contributed by atoms with van der Waals surface area (Å²) >= 11 is 0. The fourth-order valence-corrected chi connectivity index (χ4v) is 2.90. The summed E-state index contributed by atoms with van der Waals surface area (Å²) in [6.45, 7) is 3.23. The van der Waals surface area contributed by atoms with E-state index in [0.29, 0.717) is 6.04 Å². The molecule has 0 spiro atoms. The Kier molecular flexibility index (Phi) is 5.60. The summed E-state index contributed by atoms with van der Waals surface area (Å²) < 4.78 is 0. The van der Waals surface area contributed by atoms with Crippen LogP contribution in [0.1, 0.15) is 50.2 Å². The van der Waals surface area contributed by atoms with Gasteiger partial charge in [0.25, 0.3) is 0 Å². The standard InChI is InChI=1S/C17H25NO2/c1-13-3-2-4-16(10-5-13)18-12-15-8-6-14(7-9-15)11-17(19)20/h6-9,13,16,18H,2-5,10-12H2,1H3,(H,19,20). The van der Waals surface area contributed by atoms with Gasteiger partial charge in [-0.25, -0.2) is 0 Å². The lowest BCUT2D eigenvalue weighted by atomic mass is 10.0. The molecule has 2 rings (SSSR count). The molecule has 1 aliphatic carbocycles. The molecule has 20 heavy (non-hydrogen) atoms. The molecule has 0 radical (unpaired) electrons.